The fraction of sp³-hybridized carbons (Fsp3) is 0.212. The Labute approximate surface area is 363 Å². The smallest absolute Gasteiger partial charge is 0 e. The summed E-state index contributed by atoms with van der Waals surface area (Å²) in [6, 6.07) is 52.5. The summed E-state index contributed by atoms with van der Waals surface area (Å²) in [6.45, 7) is 1.97. The van der Waals surface area contributed by atoms with Gasteiger partial charge in [0.25, 0.3) is 0 Å². The molecule has 4 heterocycles. The molecular formula is C52H48GeIrN4O-2. The van der Waals surface area contributed by atoms with Crippen molar-refractivity contribution in [2.75, 3.05) is 0 Å². The molecule has 59 heavy (non-hydrogen) atoms. The minimum Gasteiger partial charge on any atom is 0 e. The first-order chi connectivity index (χ1) is 28.3. The Balaban J connectivity index is 0.000000176. The summed E-state index contributed by atoms with van der Waals surface area (Å²) >= 11 is -1.89. The molecule has 5 aromatic carbocycles. The van der Waals surface area contributed by atoms with E-state index < -0.39 is 13.3 Å². The van der Waals surface area contributed by atoms with Crippen LogP contribution in [0.2, 0.25) is 17.3 Å². The van der Waals surface area contributed by atoms with Gasteiger partial charge < -0.3 is 8.98 Å². The second-order valence-corrected chi connectivity index (χ2v) is 27.2. The van der Waals surface area contributed by atoms with Crippen LogP contribution < -0.4 is 4.40 Å². The van der Waals surface area contributed by atoms with Crippen LogP contribution in [0.3, 0.4) is 0 Å². The molecule has 0 aliphatic heterocycles. The zero-order valence-electron chi connectivity index (χ0n) is 34.1. The summed E-state index contributed by atoms with van der Waals surface area (Å²) in [4.78, 5) is 14.4. The molecule has 0 spiro atoms. The van der Waals surface area contributed by atoms with E-state index in [2.05, 4.69) is 124 Å². The van der Waals surface area contributed by atoms with Gasteiger partial charge in [0, 0.05) is 36.9 Å². The zero-order valence-corrected chi connectivity index (χ0v) is 38.6. The molecule has 0 amide bonds. The van der Waals surface area contributed by atoms with Gasteiger partial charge in [-0.2, -0.15) is 0 Å². The van der Waals surface area contributed by atoms with E-state index in [0.717, 1.165) is 67.3 Å². The van der Waals surface area contributed by atoms with Gasteiger partial charge in [0.15, 0.2) is 0 Å². The second kappa shape index (κ2) is 17.6. The van der Waals surface area contributed by atoms with Gasteiger partial charge >= 0.3 is 144 Å². The Bertz CT molecular complexity index is 2840. The first-order valence-electron chi connectivity index (χ1n) is 20.6. The molecule has 0 N–H and O–H groups in total. The van der Waals surface area contributed by atoms with Crippen molar-refractivity contribution >= 4 is 50.8 Å². The number of aromatic nitrogens is 4. The molecule has 4 aromatic heterocycles. The third-order valence-electron chi connectivity index (χ3n) is 11.5. The molecule has 1 radical (unpaired) electrons. The van der Waals surface area contributed by atoms with E-state index in [0.29, 0.717) is 5.71 Å². The molecule has 5 nitrogen and oxygen atoms in total. The Morgan fingerprint density at radius 3 is 2.24 bits per heavy atom. The van der Waals surface area contributed by atoms with Crippen molar-refractivity contribution in [1.82, 2.24) is 19.5 Å². The molecule has 0 saturated heterocycles. The molecule has 7 heteroatoms. The van der Waals surface area contributed by atoms with Crippen molar-refractivity contribution < 1.29 is 24.5 Å². The number of rotatable bonds is 7. The van der Waals surface area contributed by atoms with Gasteiger partial charge in [0.1, 0.15) is 0 Å². The van der Waals surface area contributed by atoms with E-state index in [1.165, 1.54) is 49.7 Å². The van der Waals surface area contributed by atoms with Crippen LogP contribution in [-0.2, 0) is 26.5 Å². The number of nitrogens with zero attached hydrogens (tertiary/aromatic N) is 4. The van der Waals surface area contributed by atoms with Crippen molar-refractivity contribution in [1.29, 1.82) is 0 Å². The van der Waals surface area contributed by atoms with E-state index in [-0.39, 0.29) is 20.1 Å². The van der Waals surface area contributed by atoms with Gasteiger partial charge in [-0.1, -0.05) is 65.5 Å². The number of hydrogen-bond acceptors (Lipinski definition) is 4. The van der Waals surface area contributed by atoms with Crippen LogP contribution in [-0.4, -0.2) is 32.8 Å². The quantitative estimate of drug-likeness (QED) is 0.118. The minimum atomic E-state index is -1.89. The standard InChI is InChI=1S/C31H20N3O.C21H28GeN.Ir/c1-20-14-19-25-24-10-7-11-26(29(24)35-31(25)32-20)30-33-27-12-5-6-13-28(27)34(30)23-17-15-22(16-18-23)21-8-3-2-4-9-21;1-22(2,3)20-16-23-21(18-12-8-5-9-13-18)15-19(20)14-17-10-6-4-7-11-17;/h2-10,12-19H,1H3;5,8-9,12,15-17H,4,6-7,10-11,14H2,1-3H3;/q2*-1;. The molecule has 0 atom stereocenters. The third kappa shape index (κ3) is 8.63. The monoisotopic (exact) mass is 1010 g/mol. The van der Waals surface area contributed by atoms with Crippen LogP contribution in [0.4, 0.5) is 0 Å². The molecule has 10 rings (SSSR count). The van der Waals surface area contributed by atoms with Crippen molar-refractivity contribution in [2.24, 2.45) is 5.92 Å². The fourth-order valence-electron chi connectivity index (χ4n) is 8.51. The van der Waals surface area contributed by atoms with Crippen LogP contribution in [0.15, 0.2) is 144 Å². The van der Waals surface area contributed by atoms with E-state index >= 15 is 0 Å². The molecule has 297 valence electrons. The van der Waals surface area contributed by atoms with Gasteiger partial charge in [-0.3, -0.25) is 4.98 Å². The fourth-order valence-corrected chi connectivity index (χ4v) is 11.8. The summed E-state index contributed by atoms with van der Waals surface area (Å²) in [5, 5.41) is 2.01. The maximum atomic E-state index is 6.29. The zero-order chi connectivity index (χ0) is 39.6. The van der Waals surface area contributed by atoms with E-state index in [4.69, 9.17) is 14.4 Å². The number of para-hydroxylation sites is 2. The van der Waals surface area contributed by atoms with Crippen molar-refractivity contribution in [3.05, 3.63) is 163 Å². The van der Waals surface area contributed by atoms with Crippen molar-refractivity contribution in [2.45, 2.75) is 62.7 Å². The predicted octanol–water partition coefficient (Wildman–Crippen LogP) is 13.0. The van der Waals surface area contributed by atoms with E-state index in [9.17, 15) is 0 Å². The Morgan fingerprint density at radius 1 is 0.729 bits per heavy atom. The van der Waals surface area contributed by atoms with Crippen LogP contribution in [0, 0.1) is 25.0 Å². The average molecular weight is 1010 g/mol. The normalized spacial score (nSPS) is 13.3. The molecule has 0 unspecified atom stereocenters. The number of benzene rings is 5. The van der Waals surface area contributed by atoms with Crippen LogP contribution in [0.25, 0.3) is 72.6 Å². The number of fused-ring (bicyclic) bond motifs is 4. The topological polar surface area (TPSA) is 56.7 Å². The number of hydrogen-bond donors (Lipinski definition) is 0. The minimum absolute atomic E-state index is 0. The molecule has 9 aromatic rings. The third-order valence-corrected chi connectivity index (χ3v) is 15.8. The molecule has 1 fully saturated rings. The maximum Gasteiger partial charge on any atom is 0 e. The number of aryl methyl sites for hydroxylation is 1. The van der Waals surface area contributed by atoms with Crippen LogP contribution >= 0.6 is 0 Å². The van der Waals surface area contributed by atoms with Gasteiger partial charge in [-0.15, -0.1) is 18.2 Å². The molecular weight excluding hydrogens is 961 g/mol. The summed E-state index contributed by atoms with van der Waals surface area (Å²) in [7, 11) is 0. The largest absolute Gasteiger partial charge is 0 e. The van der Waals surface area contributed by atoms with Crippen LogP contribution in [0.1, 0.15) is 43.4 Å². The van der Waals surface area contributed by atoms with E-state index in [1.54, 1.807) is 9.96 Å². The van der Waals surface area contributed by atoms with Gasteiger partial charge in [0.05, 0.1) is 22.4 Å². The summed E-state index contributed by atoms with van der Waals surface area (Å²) in [5.41, 5.74) is 12.3. The summed E-state index contributed by atoms with van der Waals surface area (Å²) in [6.07, 6.45) is 10.5. The predicted molar refractivity (Wildman–Crippen MR) is 242 cm³/mol. The first kappa shape index (κ1) is 40.6. The maximum absolute atomic E-state index is 6.29. The molecule has 1 aliphatic rings. The Morgan fingerprint density at radius 2 is 1.47 bits per heavy atom. The number of pyridine rings is 2. The molecule has 1 aliphatic carbocycles. The molecule has 0 bridgehead atoms. The number of furan rings is 1. The Kier molecular flexibility index (Phi) is 12.1. The average Bonchev–Trinajstić information content (AvgIpc) is 3.83. The van der Waals surface area contributed by atoms with Gasteiger partial charge in [-0.25, -0.2) is 4.98 Å². The second-order valence-electron chi connectivity index (χ2n) is 16.6. The van der Waals surface area contributed by atoms with E-state index in [1.807, 2.05) is 61.5 Å². The van der Waals surface area contributed by atoms with Gasteiger partial charge in [-0.05, 0) is 54.4 Å². The Hall–Kier alpha value is -5.14. The summed E-state index contributed by atoms with van der Waals surface area (Å²) < 4.78 is 10.1. The van der Waals surface area contributed by atoms with Crippen LogP contribution in [0.5, 0.6) is 0 Å². The van der Waals surface area contributed by atoms with Gasteiger partial charge in [0.2, 0.25) is 5.71 Å². The van der Waals surface area contributed by atoms with Crippen molar-refractivity contribution in [3.63, 3.8) is 0 Å². The number of imidazole rings is 1. The first-order valence-corrected chi connectivity index (χ1v) is 28.0. The van der Waals surface area contributed by atoms with Crippen molar-refractivity contribution in [3.8, 4) is 39.5 Å². The molecule has 1 saturated carbocycles. The SMILES string of the molecule is Cc1ccc2c(n1)oc1c(-c3nc4ccccc4n3-c3ccc(-c4ccccc4)cc3)[c-]ccc12.[CH3][Ge]([CH3])([CH3])[c]1cnc(-c2[c-]cccc2)cc1CC1CCCCC1.[Ir]. The summed E-state index contributed by atoms with van der Waals surface area (Å²) in [5.74, 6) is 9.11.